The number of hydrogen-bond donors (Lipinski definition) is 3. The van der Waals surface area contributed by atoms with Gasteiger partial charge in [0.1, 0.15) is 11.6 Å². The van der Waals surface area contributed by atoms with E-state index in [0.717, 1.165) is 25.0 Å². The quantitative estimate of drug-likeness (QED) is 0.578. The van der Waals surface area contributed by atoms with E-state index in [2.05, 4.69) is 10.6 Å². The zero-order valence-corrected chi connectivity index (χ0v) is 15.3. The number of nitrogens with one attached hydrogen (secondary N) is 2. The maximum Gasteiger partial charge on any atom is 0.254 e. The zero-order chi connectivity index (χ0) is 18.2. The molecule has 0 unspecified atom stereocenters. The summed E-state index contributed by atoms with van der Waals surface area (Å²) in [6.07, 6.45) is 2.13. The lowest BCUT2D eigenvalue weighted by Gasteiger charge is -2.31. The molecule has 1 aromatic rings. The van der Waals surface area contributed by atoms with Crippen LogP contribution in [-0.4, -0.2) is 30.4 Å². The summed E-state index contributed by atoms with van der Waals surface area (Å²) in [4.78, 5) is 23.8. The highest BCUT2D eigenvalue weighted by Crippen LogP contribution is 2.13. The third-order valence-electron chi connectivity index (χ3n) is 4.19. The minimum absolute atomic E-state index is 0. The summed E-state index contributed by atoms with van der Waals surface area (Å²) >= 11 is 0. The van der Waals surface area contributed by atoms with Gasteiger partial charge >= 0.3 is 0 Å². The number of amides is 2. The molecule has 1 rings (SSSR count). The van der Waals surface area contributed by atoms with Crippen molar-refractivity contribution in [3.05, 3.63) is 35.4 Å². The van der Waals surface area contributed by atoms with Gasteiger partial charge in [0.25, 0.3) is 5.91 Å². The van der Waals surface area contributed by atoms with Gasteiger partial charge in [-0.15, -0.1) is 12.4 Å². The molecule has 0 aliphatic rings. The maximum atomic E-state index is 13.5. The molecule has 0 aromatic heterocycles. The Bertz CT molecular complexity index is 573. The molecule has 1 aromatic carbocycles. The van der Waals surface area contributed by atoms with Gasteiger partial charge in [-0.3, -0.25) is 9.59 Å². The van der Waals surface area contributed by atoms with Crippen LogP contribution < -0.4 is 16.4 Å². The van der Waals surface area contributed by atoms with Crippen LogP contribution in [0.4, 0.5) is 8.78 Å². The number of hydrogen-bond acceptors (Lipinski definition) is 3. The lowest BCUT2D eigenvalue weighted by atomic mass is 9.92. The molecule has 0 atom stereocenters. The molecule has 0 radical (unpaired) electrons. The number of rotatable bonds is 9. The number of carbonyl (C=O) groups is 2. The van der Waals surface area contributed by atoms with Crippen molar-refractivity contribution in [2.75, 3.05) is 13.1 Å². The normalized spacial score (nSPS) is 10.8. The van der Waals surface area contributed by atoms with E-state index < -0.39 is 23.1 Å². The summed E-state index contributed by atoms with van der Waals surface area (Å²) in [7, 11) is 0. The Morgan fingerprint density at radius 3 is 2.36 bits per heavy atom. The molecule has 5 nitrogen and oxygen atoms in total. The fourth-order valence-electron chi connectivity index (χ4n) is 2.34. The molecule has 0 fully saturated rings. The van der Waals surface area contributed by atoms with E-state index in [9.17, 15) is 18.4 Å². The topological polar surface area (TPSA) is 84.2 Å². The SMILES string of the molecule is CCC(CC)(CN)NC(=O)CCCNC(=O)c1ccc(F)cc1F.Cl. The molecular formula is C17H26ClF2N3O2. The molecule has 4 N–H and O–H groups in total. The predicted molar refractivity (Wildman–Crippen MR) is 95.7 cm³/mol. The minimum atomic E-state index is -0.913. The number of halogens is 3. The standard InChI is InChI=1S/C17H25F2N3O2.ClH/c1-3-17(4-2,11-20)22-15(23)6-5-9-21-16(24)13-8-7-12(18)10-14(13)19;/h7-8,10H,3-6,9,11,20H2,1-2H3,(H,21,24)(H,22,23);1H. The lowest BCUT2D eigenvalue weighted by molar-refractivity contribution is -0.123. The predicted octanol–water partition coefficient (Wildman–Crippen LogP) is 2.53. The second kappa shape index (κ2) is 11.0. The van der Waals surface area contributed by atoms with Crippen LogP contribution in [0, 0.1) is 11.6 Å². The van der Waals surface area contributed by atoms with Crippen molar-refractivity contribution in [1.82, 2.24) is 10.6 Å². The highest BCUT2D eigenvalue weighted by atomic mass is 35.5. The summed E-state index contributed by atoms with van der Waals surface area (Å²) in [5.74, 6) is -2.42. The molecule has 0 heterocycles. The van der Waals surface area contributed by atoms with Crippen LogP contribution in [-0.2, 0) is 4.79 Å². The van der Waals surface area contributed by atoms with Gasteiger partial charge in [-0.25, -0.2) is 8.78 Å². The molecule has 142 valence electrons. The first-order valence-corrected chi connectivity index (χ1v) is 8.11. The first-order chi connectivity index (χ1) is 11.4. The van der Waals surface area contributed by atoms with Gasteiger partial charge in [0, 0.05) is 25.6 Å². The third-order valence-corrected chi connectivity index (χ3v) is 4.19. The van der Waals surface area contributed by atoms with Crippen molar-refractivity contribution >= 4 is 24.2 Å². The van der Waals surface area contributed by atoms with Gasteiger partial charge in [-0.1, -0.05) is 13.8 Å². The maximum absolute atomic E-state index is 13.5. The van der Waals surface area contributed by atoms with Crippen molar-refractivity contribution in [1.29, 1.82) is 0 Å². The highest BCUT2D eigenvalue weighted by Gasteiger charge is 2.25. The van der Waals surface area contributed by atoms with E-state index >= 15 is 0 Å². The summed E-state index contributed by atoms with van der Waals surface area (Å²) in [6, 6.07) is 2.77. The molecule has 0 aliphatic heterocycles. The van der Waals surface area contributed by atoms with Crippen molar-refractivity contribution < 1.29 is 18.4 Å². The monoisotopic (exact) mass is 377 g/mol. The lowest BCUT2D eigenvalue weighted by Crippen LogP contribution is -2.52. The second-order valence-electron chi connectivity index (χ2n) is 5.72. The van der Waals surface area contributed by atoms with Crippen LogP contribution in [0.2, 0.25) is 0 Å². The Morgan fingerprint density at radius 1 is 1.20 bits per heavy atom. The highest BCUT2D eigenvalue weighted by molar-refractivity contribution is 5.94. The first-order valence-electron chi connectivity index (χ1n) is 8.11. The zero-order valence-electron chi connectivity index (χ0n) is 14.5. The smallest absolute Gasteiger partial charge is 0.254 e. The Balaban J connectivity index is 0.00000576. The summed E-state index contributed by atoms with van der Waals surface area (Å²) < 4.78 is 26.3. The number of nitrogens with two attached hydrogens (primary N) is 1. The van der Waals surface area contributed by atoms with E-state index in [1.807, 2.05) is 13.8 Å². The van der Waals surface area contributed by atoms with Crippen molar-refractivity contribution in [2.45, 2.75) is 45.1 Å². The van der Waals surface area contributed by atoms with E-state index in [4.69, 9.17) is 5.73 Å². The van der Waals surface area contributed by atoms with Gasteiger partial charge in [0.05, 0.1) is 11.1 Å². The molecule has 0 saturated heterocycles. The first kappa shape index (κ1) is 23.3. The molecule has 25 heavy (non-hydrogen) atoms. The second-order valence-corrected chi connectivity index (χ2v) is 5.72. The van der Waals surface area contributed by atoms with E-state index in [0.29, 0.717) is 19.0 Å². The van der Waals surface area contributed by atoms with Crippen LogP contribution in [0.3, 0.4) is 0 Å². The Hall–Kier alpha value is -1.73. The number of carbonyl (C=O) groups excluding carboxylic acids is 2. The van der Waals surface area contributed by atoms with Crippen molar-refractivity contribution in [2.24, 2.45) is 5.73 Å². The largest absolute Gasteiger partial charge is 0.352 e. The fraction of sp³-hybridized carbons (Fsp3) is 0.529. The van der Waals surface area contributed by atoms with E-state index in [-0.39, 0.29) is 36.8 Å². The fourth-order valence-corrected chi connectivity index (χ4v) is 2.34. The molecular weight excluding hydrogens is 352 g/mol. The van der Waals surface area contributed by atoms with E-state index in [1.54, 1.807) is 0 Å². The summed E-state index contributed by atoms with van der Waals surface area (Å²) in [5, 5.41) is 5.45. The van der Waals surface area contributed by atoms with Crippen molar-refractivity contribution in [3.8, 4) is 0 Å². The van der Waals surface area contributed by atoms with Crippen LogP contribution in [0.1, 0.15) is 49.9 Å². The molecule has 0 bridgehead atoms. The minimum Gasteiger partial charge on any atom is -0.352 e. The van der Waals surface area contributed by atoms with Gasteiger partial charge in [0.15, 0.2) is 0 Å². The third kappa shape index (κ3) is 6.96. The van der Waals surface area contributed by atoms with Crippen LogP contribution in [0.15, 0.2) is 18.2 Å². The van der Waals surface area contributed by atoms with Gasteiger partial charge in [-0.2, -0.15) is 0 Å². The average molecular weight is 378 g/mol. The Morgan fingerprint density at radius 2 is 1.84 bits per heavy atom. The molecule has 8 heteroatoms. The Kier molecular flexibility index (Phi) is 10.2. The molecule has 0 saturated carbocycles. The number of benzene rings is 1. The summed E-state index contributed by atoms with van der Waals surface area (Å²) in [5.41, 5.74) is 5.11. The van der Waals surface area contributed by atoms with Crippen LogP contribution in [0.5, 0.6) is 0 Å². The van der Waals surface area contributed by atoms with Gasteiger partial charge in [0.2, 0.25) is 5.91 Å². The average Bonchev–Trinajstić information content (AvgIpc) is 2.56. The Labute approximate surface area is 153 Å². The van der Waals surface area contributed by atoms with Crippen LogP contribution in [0.25, 0.3) is 0 Å². The van der Waals surface area contributed by atoms with Crippen LogP contribution >= 0.6 is 12.4 Å². The molecule has 2 amide bonds. The van der Waals surface area contributed by atoms with Gasteiger partial charge < -0.3 is 16.4 Å². The summed E-state index contributed by atoms with van der Waals surface area (Å²) in [6.45, 7) is 4.52. The van der Waals surface area contributed by atoms with E-state index in [1.165, 1.54) is 0 Å². The molecule has 0 spiro atoms. The molecule has 0 aliphatic carbocycles. The van der Waals surface area contributed by atoms with Gasteiger partial charge in [-0.05, 0) is 31.4 Å². The van der Waals surface area contributed by atoms with Crippen molar-refractivity contribution in [3.63, 3.8) is 0 Å².